The Morgan fingerprint density at radius 3 is 2.75 bits per heavy atom. The zero-order chi connectivity index (χ0) is 17.4. The molecule has 2 aromatic rings. The Kier molecular flexibility index (Phi) is 6.47. The summed E-state index contributed by atoms with van der Waals surface area (Å²) in [5, 5.41) is 8.17. The molecule has 1 aromatic carbocycles. The van der Waals surface area contributed by atoms with E-state index < -0.39 is 5.91 Å². The molecule has 0 spiro atoms. The Balaban J connectivity index is 1.92. The maximum Gasteiger partial charge on any atom is 0.293 e. The van der Waals surface area contributed by atoms with E-state index in [1.54, 1.807) is 37.4 Å². The molecule has 0 saturated carbocycles. The number of carbonyl (C=O) groups is 2. The van der Waals surface area contributed by atoms with Gasteiger partial charge in [0.05, 0.1) is 12.9 Å². The third-order valence-corrected chi connectivity index (χ3v) is 3.15. The molecular weight excluding hydrogens is 330 g/mol. The monoisotopic (exact) mass is 347 g/mol. The number of carbonyl (C=O) groups excluding carboxylic acids is 2. The number of benzene rings is 1. The minimum Gasteiger partial charge on any atom is -0.459 e. The number of rotatable bonds is 6. The highest BCUT2D eigenvalue weighted by atomic mass is 32.1. The van der Waals surface area contributed by atoms with E-state index >= 15 is 0 Å². The molecule has 1 heterocycles. The normalized spacial score (nSPS) is 10.0. The van der Waals surface area contributed by atoms with E-state index in [4.69, 9.17) is 21.4 Å². The molecule has 0 radical (unpaired) electrons. The first-order valence-corrected chi connectivity index (χ1v) is 7.54. The molecule has 0 aliphatic rings. The Labute approximate surface area is 144 Å². The van der Waals surface area contributed by atoms with E-state index in [0.29, 0.717) is 24.4 Å². The van der Waals surface area contributed by atoms with E-state index in [-0.39, 0.29) is 16.8 Å². The van der Waals surface area contributed by atoms with E-state index in [1.165, 1.54) is 12.3 Å². The van der Waals surface area contributed by atoms with Crippen molar-refractivity contribution < 1.29 is 18.7 Å². The van der Waals surface area contributed by atoms with Gasteiger partial charge in [0.2, 0.25) is 0 Å². The Morgan fingerprint density at radius 1 is 1.21 bits per heavy atom. The van der Waals surface area contributed by atoms with E-state index in [2.05, 4.69) is 16.0 Å². The van der Waals surface area contributed by atoms with Crippen LogP contribution in [0.4, 0.5) is 5.69 Å². The molecule has 0 saturated heterocycles. The molecule has 3 N–H and O–H groups in total. The average Bonchev–Trinajstić information content (AvgIpc) is 3.09. The number of hydrogen-bond acceptors (Lipinski definition) is 5. The number of methoxy groups -OCH3 is 1. The van der Waals surface area contributed by atoms with Crippen LogP contribution in [0.25, 0.3) is 0 Å². The Bertz CT molecular complexity index is 716. The molecule has 0 bridgehead atoms. The van der Waals surface area contributed by atoms with Crippen molar-refractivity contribution in [1.82, 2.24) is 10.6 Å². The summed E-state index contributed by atoms with van der Waals surface area (Å²) in [6.07, 6.45) is 1.40. The minimum atomic E-state index is -0.453. The smallest absolute Gasteiger partial charge is 0.293 e. The van der Waals surface area contributed by atoms with Crippen LogP contribution in [0.1, 0.15) is 20.9 Å². The summed E-state index contributed by atoms with van der Waals surface area (Å²) in [6.45, 7) is 0.858. The number of ether oxygens (including phenoxy) is 1. The predicted molar refractivity (Wildman–Crippen MR) is 93.0 cm³/mol. The fraction of sp³-hybridized carbons (Fsp3) is 0.188. The van der Waals surface area contributed by atoms with Crippen molar-refractivity contribution in [1.29, 1.82) is 0 Å². The molecule has 8 heteroatoms. The maximum absolute atomic E-state index is 12.0. The lowest BCUT2D eigenvalue weighted by molar-refractivity contribution is 0.0933. The van der Waals surface area contributed by atoms with Crippen molar-refractivity contribution in [2.75, 3.05) is 25.6 Å². The zero-order valence-electron chi connectivity index (χ0n) is 13.0. The number of anilines is 1. The van der Waals surface area contributed by atoms with Crippen molar-refractivity contribution >= 4 is 34.8 Å². The summed E-state index contributed by atoms with van der Waals surface area (Å²) in [6, 6.07) is 9.90. The molecule has 0 aliphatic carbocycles. The van der Waals surface area contributed by atoms with Gasteiger partial charge in [0, 0.05) is 24.9 Å². The molecular formula is C16H17N3O4S. The molecule has 2 rings (SSSR count). The van der Waals surface area contributed by atoms with Crippen LogP contribution in [-0.4, -0.2) is 37.2 Å². The number of furan rings is 1. The molecule has 1 aromatic heterocycles. The van der Waals surface area contributed by atoms with E-state index in [9.17, 15) is 9.59 Å². The molecule has 0 fully saturated rings. The highest BCUT2D eigenvalue weighted by molar-refractivity contribution is 7.80. The van der Waals surface area contributed by atoms with Crippen LogP contribution in [0.3, 0.4) is 0 Å². The van der Waals surface area contributed by atoms with Crippen LogP contribution < -0.4 is 16.0 Å². The largest absolute Gasteiger partial charge is 0.459 e. The molecule has 126 valence electrons. The lowest BCUT2D eigenvalue weighted by Crippen LogP contribution is -2.34. The van der Waals surface area contributed by atoms with Gasteiger partial charge in [0.15, 0.2) is 10.9 Å². The van der Waals surface area contributed by atoms with Crippen LogP contribution >= 0.6 is 12.2 Å². The minimum absolute atomic E-state index is 0.105. The van der Waals surface area contributed by atoms with Crippen molar-refractivity contribution in [3.63, 3.8) is 0 Å². The van der Waals surface area contributed by atoms with Crippen molar-refractivity contribution in [2.45, 2.75) is 0 Å². The first kappa shape index (κ1) is 17.6. The first-order chi connectivity index (χ1) is 11.6. The summed E-state index contributed by atoms with van der Waals surface area (Å²) in [4.78, 5) is 23.8. The molecule has 0 unspecified atom stereocenters. The van der Waals surface area contributed by atoms with Gasteiger partial charge >= 0.3 is 0 Å². The second-order valence-corrected chi connectivity index (χ2v) is 5.12. The van der Waals surface area contributed by atoms with Crippen LogP contribution in [-0.2, 0) is 4.74 Å². The summed E-state index contributed by atoms with van der Waals surface area (Å²) in [7, 11) is 1.56. The fourth-order valence-corrected chi connectivity index (χ4v) is 2.05. The summed E-state index contributed by atoms with van der Waals surface area (Å²) < 4.78 is 9.86. The van der Waals surface area contributed by atoms with Gasteiger partial charge in [-0.05, 0) is 42.5 Å². The van der Waals surface area contributed by atoms with E-state index in [1.807, 2.05) is 0 Å². The molecule has 2 amide bonds. The Morgan fingerprint density at radius 2 is 2.04 bits per heavy atom. The van der Waals surface area contributed by atoms with Crippen molar-refractivity contribution in [2.24, 2.45) is 0 Å². The Hall–Kier alpha value is -2.71. The molecule has 0 aliphatic heterocycles. The van der Waals surface area contributed by atoms with Gasteiger partial charge < -0.3 is 19.8 Å². The van der Waals surface area contributed by atoms with Crippen LogP contribution in [0.5, 0.6) is 0 Å². The van der Waals surface area contributed by atoms with Gasteiger partial charge in [0.25, 0.3) is 11.8 Å². The van der Waals surface area contributed by atoms with E-state index in [0.717, 1.165) is 0 Å². The predicted octanol–water partition coefficient (Wildman–Crippen LogP) is 1.78. The molecule has 24 heavy (non-hydrogen) atoms. The number of nitrogens with one attached hydrogen (secondary N) is 3. The summed E-state index contributed by atoms with van der Waals surface area (Å²) in [5.41, 5.74) is 1.05. The van der Waals surface area contributed by atoms with Gasteiger partial charge in [-0.25, -0.2) is 0 Å². The molecule has 7 nitrogen and oxygen atoms in total. The lowest BCUT2D eigenvalue weighted by Gasteiger charge is -2.10. The third-order valence-electron chi connectivity index (χ3n) is 2.95. The number of thiocarbonyl (C=S) groups is 1. The first-order valence-electron chi connectivity index (χ1n) is 7.13. The highest BCUT2D eigenvalue weighted by Gasteiger charge is 2.11. The van der Waals surface area contributed by atoms with Crippen LogP contribution in [0.15, 0.2) is 47.1 Å². The van der Waals surface area contributed by atoms with Crippen molar-refractivity contribution in [3.05, 3.63) is 54.0 Å². The number of hydrogen-bond donors (Lipinski definition) is 3. The topological polar surface area (TPSA) is 92.6 Å². The highest BCUT2D eigenvalue weighted by Crippen LogP contribution is 2.11. The van der Waals surface area contributed by atoms with Gasteiger partial charge in [-0.15, -0.1) is 0 Å². The zero-order valence-corrected chi connectivity index (χ0v) is 13.8. The average molecular weight is 347 g/mol. The van der Waals surface area contributed by atoms with Crippen LogP contribution in [0.2, 0.25) is 0 Å². The van der Waals surface area contributed by atoms with Gasteiger partial charge in [0.1, 0.15) is 0 Å². The number of amides is 2. The van der Waals surface area contributed by atoms with Crippen LogP contribution in [0, 0.1) is 0 Å². The van der Waals surface area contributed by atoms with Gasteiger partial charge in [-0.1, -0.05) is 6.07 Å². The fourth-order valence-electron chi connectivity index (χ4n) is 1.84. The summed E-state index contributed by atoms with van der Waals surface area (Å²) in [5.74, 6) is -0.516. The van der Waals surface area contributed by atoms with Gasteiger partial charge in [-0.3, -0.25) is 14.9 Å². The SMILES string of the molecule is COCCNC(=O)c1cccc(NC(=S)NC(=O)c2ccco2)c1. The third kappa shape index (κ3) is 5.18. The van der Waals surface area contributed by atoms with Crippen molar-refractivity contribution in [3.8, 4) is 0 Å². The molecule has 0 atom stereocenters. The second kappa shape index (κ2) is 8.80. The second-order valence-electron chi connectivity index (χ2n) is 4.72. The lowest BCUT2D eigenvalue weighted by atomic mass is 10.2. The standard InChI is InChI=1S/C16H17N3O4S/c1-22-9-7-17-14(20)11-4-2-5-12(10-11)18-16(24)19-15(21)13-6-3-8-23-13/h2-6,8,10H,7,9H2,1H3,(H,17,20)(H2,18,19,21,24). The quantitative estimate of drug-likeness (QED) is 0.545. The maximum atomic E-state index is 12.0. The van der Waals surface area contributed by atoms with Gasteiger partial charge in [-0.2, -0.15) is 0 Å². The summed E-state index contributed by atoms with van der Waals surface area (Å²) >= 11 is 5.08.